The Morgan fingerprint density at radius 1 is 1.24 bits per heavy atom. The van der Waals surface area contributed by atoms with Crippen LogP contribution in [-0.4, -0.2) is 77.7 Å². The lowest BCUT2D eigenvalue weighted by Gasteiger charge is -2.31. The van der Waals surface area contributed by atoms with Crippen molar-refractivity contribution in [3.05, 3.63) is 6.20 Å². The van der Waals surface area contributed by atoms with Gasteiger partial charge in [0.05, 0.1) is 36.0 Å². The van der Waals surface area contributed by atoms with E-state index in [0.717, 1.165) is 29.9 Å². The SMILES string of the molecule is CC1CN(c2nn(C)c3nc(NC4CCC(CS(=O)(=O)CCC(F)(F)F)CC4)ncc23)CCO1. The highest BCUT2D eigenvalue weighted by molar-refractivity contribution is 7.91. The molecule has 9 nitrogen and oxygen atoms in total. The van der Waals surface area contributed by atoms with E-state index < -0.39 is 28.2 Å². The molecule has 190 valence electrons. The van der Waals surface area contributed by atoms with Crippen LogP contribution < -0.4 is 10.2 Å². The largest absolute Gasteiger partial charge is 0.390 e. The average molecular weight is 505 g/mol. The van der Waals surface area contributed by atoms with Gasteiger partial charge in [-0.2, -0.15) is 23.3 Å². The number of aryl methyl sites for hydroxylation is 1. The van der Waals surface area contributed by atoms with Crippen molar-refractivity contribution >= 4 is 32.6 Å². The molecule has 0 radical (unpaired) electrons. The zero-order chi connectivity index (χ0) is 24.5. The Bertz CT molecular complexity index is 1100. The van der Waals surface area contributed by atoms with Crippen molar-refractivity contribution in [3.8, 4) is 0 Å². The third kappa shape index (κ3) is 6.29. The van der Waals surface area contributed by atoms with E-state index in [-0.39, 0.29) is 23.8 Å². The lowest BCUT2D eigenvalue weighted by atomic mass is 9.87. The molecule has 1 atom stereocenters. The highest BCUT2D eigenvalue weighted by Gasteiger charge is 2.32. The number of alkyl halides is 3. The van der Waals surface area contributed by atoms with Gasteiger partial charge in [0.15, 0.2) is 21.3 Å². The van der Waals surface area contributed by atoms with Crippen LogP contribution in [0.2, 0.25) is 0 Å². The van der Waals surface area contributed by atoms with E-state index in [1.807, 2.05) is 14.0 Å². The minimum absolute atomic E-state index is 0.0828. The van der Waals surface area contributed by atoms with Crippen molar-refractivity contribution < 1.29 is 26.3 Å². The van der Waals surface area contributed by atoms with Gasteiger partial charge in [-0.05, 0) is 38.5 Å². The molecular formula is C21H31F3N6O3S. The van der Waals surface area contributed by atoms with Crippen LogP contribution in [0.3, 0.4) is 0 Å². The van der Waals surface area contributed by atoms with Crippen LogP contribution in [0.4, 0.5) is 24.9 Å². The molecule has 0 bridgehead atoms. The van der Waals surface area contributed by atoms with E-state index >= 15 is 0 Å². The number of sulfone groups is 1. The van der Waals surface area contributed by atoms with Gasteiger partial charge in [-0.1, -0.05) is 0 Å². The Balaban J connectivity index is 1.34. The van der Waals surface area contributed by atoms with Crippen molar-refractivity contribution in [2.75, 3.05) is 41.4 Å². The lowest BCUT2D eigenvalue weighted by molar-refractivity contribution is -0.129. The van der Waals surface area contributed by atoms with Crippen molar-refractivity contribution in [1.29, 1.82) is 0 Å². The summed E-state index contributed by atoms with van der Waals surface area (Å²) in [6.07, 6.45) is -1.15. The Labute approximate surface area is 197 Å². The third-order valence-electron chi connectivity index (χ3n) is 6.47. The number of anilines is 2. The fourth-order valence-corrected chi connectivity index (χ4v) is 6.46. The topological polar surface area (TPSA) is 102 Å². The number of rotatable bonds is 7. The molecule has 2 aliphatic rings. The first-order chi connectivity index (χ1) is 16.0. The summed E-state index contributed by atoms with van der Waals surface area (Å²) in [5.41, 5.74) is 0.719. The number of aromatic nitrogens is 4. The Kier molecular flexibility index (Phi) is 7.22. The molecule has 13 heteroatoms. The number of fused-ring (bicyclic) bond motifs is 1. The molecule has 1 N–H and O–H groups in total. The van der Waals surface area contributed by atoms with Crippen LogP contribution >= 0.6 is 0 Å². The second-order valence-corrected chi connectivity index (χ2v) is 11.6. The minimum atomic E-state index is -4.45. The number of morpholine rings is 1. The summed E-state index contributed by atoms with van der Waals surface area (Å²) in [5.74, 6) is 0.190. The van der Waals surface area contributed by atoms with Gasteiger partial charge in [0, 0.05) is 32.4 Å². The molecule has 34 heavy (non-hydrogen) atoms. The summed E-state index contributed by atoms with van der Waals surface area (Å²) in [7, 11) is -1.87. The number of nitrogens with zero attached hydrogens (tertiary/aromatic N) is 5. The molecule has 0 amide bonds. The molecule has 1 saturated carbocycles. The maximum atomic E-state index is 12.4. The predicted octanol–water partition coefficient (Wildman–Crippen LogP) is 2.93. The Morgan fingerprint density at radius 3 is 2.65 bits per heavy atom. The number of ether oxygens (including phenoxy) is 1. The van der Waals surface area contributed by atoms with Crippen LogP contribution in [-0.2, 0) is 21.6 Å². The normalized spacial score (nSPS) is 24.5. The number of nitrogens with one attached hydrogen (secondary N) is 1. The van der Waals surface area contributed by atoms with E-state index in [1.54, 1.807) is 10.9 Å². The fraction of sp³-hybridized carbons (Fsp3) is 0.762. The Hall–Kier alpha value is -2.15. The highest BCUT2D eigenvalue weighted by Crippen LogP contribution is 2.30. The summed E-state index contributed by atoms with van der Waals surface area (Å²) in [6, 6.07) is 0.0828. The van der Waals surface area contributed by atoms with Gasteiger partial charge in [0.1, 0.15) is 0 Å². The van der Waals surface area contributed by atoms with Crippen LogP contribution in [0.15, 0.2) is 6.20 Å². The molecule has 0 aromatic carbocycles. The van der Waals surface area contributed by atoms with Crippen LogP contribution in [0, 0.1) is 5.92 Å². The molecule has 2 fully saturated rings. The van der Waals surface area contributed by atoms with E-state index in [4.69, 9.17) is 4.74 Å². The molecule has 3 heterocycles. The molecule has 1 aliphatic heterocycles. The second-order valence-electron chi connectivity index (χ2n) is 9.35. The predicted molar refractivity (Wildman–Crippen MR) is 123 cm³/mol. The molecular weight excluding hydrogens is 473 g/mol. The van der Waals surface area contributed by atoms with Gasteiger partial charge < -0.3 is 15.0 Å². The molecule has 2 aromatic heterocycles. The van der Waals surface area contributed by atoms with Gasteiger partial charge >= 0.3 is 6.18 Å². The zero-order valence-electron chi connectivity index (χ0n) is 19.4. The maximum absolute atomic E-state index is 12.4. The monoisotopic (exact) mass is 504 g/mol. The molecule has 1 unspecified atom stereocenters. The maximum Gasteiger partial charge on any atom is 0.390 e. The summed E-state index contributed by atoms with van der Waals surface area (Å²) in [6.45, 7) is 4.18. The molecule has 1 saturated heterocycles. The van der Waals surface area contributed by atoms with Crippen molar-refractivity contribution in [2.45, 2.75) is 57.3 Å². The standard InChI is InChI=1S/C21H31F3N6O3S/c1-14-12-30(8-9-33-14)19-17-11-25-20(27-18(17)29(2)28-19)26-16-5-3-15(4-6-16)13-34(31,32)10-7-21(22,23)24/h11,14-16H,3-10,12-13H2,1-2H3,(H,25,26,27). The summed E-state index contributed by atoms with van der Waals surface area (Å²) < 4.78 is 68.5. The van der Waals surface area contributed by atoms with Crippen LogP contribution in [0.5, 0.6) is 0 Å². The Morgan fingerprint density at radius 2 is 1.97 bits per heavy atom. The first-order valence-electron chi connectivity index (χ1n) is 11.6. The van der Waals surface area contributed by atoms with Crippen molar-refractivity contribution in [1.82, 2.24) is 19.7 Å². The average Bonchev–Trinajstić information content (AvgIpc) is 3.09. The summed E-state index contributed by atoms with van der Waals surface area (Å²) >= 11 is 0. The molecule has 0 spiro atoms. The van der Waals surface area contributed by atoms with Crippen LogP contribution in [0.25, 0.3) is 11.0 Å². The van der Waals surface area contributed by atoms with E-state index in [0.29, 0.717) is 38.2 Å². The van der Waals surface area contributed by atoms with Crippen LogP contribution in [0.1, 0.15) is 39.0 Å². The smallest absolute Gasteiger partial charge is 0.375 e. The minimum Gasteiger partial charge on any atom is -0.375 e. The van der Waals surface area contributed by atoms with Crippen molar-refractivity contribution in [3.63, 3.8) is 0 Å². The third-order valence-corrected chi connectivity index (χ3v) is 8.27. The molecule has 4 rings (SSSR count). The summed E-state index contributed by atoms with van der Waals surface area (Å²) in [4.78, 5) is 11.3. The quantitative estimate of drug-likeness (QED) is 0.614. The first kappa shape index (κ1) is 25.0. The van der Waals surface area contributed by atoms with E-state index in [2.05, 4.69) is 25.3 Å². The van der Waals surface area contributed by atoms with E-state index in [1.165, 1.54) is 0 Å². The highest BCUT2D eigenvalue weighted by atomic mass is 32.2. The van der Waals surface area contributed by atoms with Gasteiger partial charge in [-0.3, -0.25) is 0 Å². The number of hydrogen-bond donors (Lipinski definition) is 1. The second kappa shape index (κ2) is 9.84. The number of hydrogen-bond acceptors (Lipinski definition) is 8. The molecule has 2 aromatic rings. The molecule has 1 aliphatic carbocycles. The zero-order valence-corrected chi connectivity index (χ0v) is 20.2. The van der Waals surface area contributed by atoms with Gasteiger partial charge in [0.2, 0.25) is 5.95 Å². The lowest BCUT2D eigenvalue weighted by Crippen LogP contribution is -2.41. The van der Waals surface area contributed by atoms with Gasteiger partial charge in [0.25, 0.3) is 0 Å². The van der Waals surface area contributed by atoms with E-state index in [9.17, 15) is 21.6 Å². The van der Waals surface area contributed by atoms with Gasteiger partial charge in [-0.15, -0.1) is 0 Å². The summed E-state index contributed by atoms with van der Waals surface area (Å²) in [5, 5.41) is 8.84. The number of halogens is 3. The fourth-order valence-electron chi connectivity index (χ4n) is 4.70. The van der Waals surface area contributed by atoms with Crippen molar-refractivity contribution in [2.24, 2.45) is 13.0 Å². The van der Waals surface area contributed by atoms with Gasteiger partial charge in [-0.25, -0.2) is 18.1 Å². The first-order valence-corrected chi connectivity index (χ1v) is 13.4.